The molecule has 3 aromatic rings. The minimum absolute atomic E-state index is 0.251. The molecule has 6 heteroatoms. The zero-order valence-corrected chi connectivity index (χ0v) is 15.7. The molecule has 0 spiro atoms. The summed E-state index contributed by atoms with van der Waals surface area (Å²) in [7, 11) is 0. The largest absolute Gasteiger partial charge is 0.450 e. The smallest absolute Gasteiger partial charge is 0.351 e. The van der Waals surface area contributed by atoms with Gasteiger partial charge >= 0.3 is 11.6 Å². The summed E-state index contributed by atoms with van der Waals surface area (Å²) in [4.78, 5) is 36.8. The van der Waals surface area contributed by atoms with Gasteiger partial charge in [-0.3, -0.25) is 4.79 Å². The first-order valence-electron chi connectivity index (χ1n) is 7.90. The van der Waals surface area contributed by atoms with Crippen LogP contribution in [0.1, 0.15) is 33.2 Å². The first kappa shape index (κ1) is 18.1. The van der Waals surface area contributed by atoms with Crippen LogP contribution in [-0.4, -0.2) is 17.9 Å². The van der Waals surface area contributed by atoms with Gasteiger partial charge in [0.2, 0.25) is 5.78 Å². The third kappa shape index (κ3) is 3.75. The summed E-state index contributed by atoms with van der Waals surface area (Å²) in [6, 6.07) is 13.4. The Kier molecular flexibility index (Phi) is 5.04. The third-order valence-corrected chi connectivity index (χ3v) is 4.40. The predicted molar refractivity (Wildman–Crippen MR) is 101 cm³/mol. The first-order chi connectivity index (χ1) is 12.3. The van der Waals surface area contributed by atoms with E-state index in [1.807, 2.05) is 6.92 Å². The molecule has 0 radical (unpaired) electrons. The molecule has 5 nitrogen and oxygen atoms in total. The summed E-state index contributed by atoms with van der Waals surface area (Å²) in [5.41, 5.74) is 0.758. The van der Waals surface area contributed by atoms with Gasteiger partial charge in [0.25, 0.3) is 0 Å². The molecule has 1 aromatic heterocycles. The second kappa shape index (κ2) is 7.25. The highest BCUT2D eigenvalue weighted by molar-refractivity contribution is 9.10. The average molecular weight is 415 g/mol. The van der Waals surface area contributed by atoms with Crippen LogP contribution in [0.2, 0.25) is 0 Å². The highest BCUT2D eigenvalue weighted by atomic mass is 79.9. The van der Waals surface area contributed by atoms with Crippen LogP contribution in [0.15, 0.2) is 62.2 Å². The van der Waals surface area contributed by atoms with Crippen molar-refractivity contribution in [1.82, 2.24) is 0 Å². The van der Waals surface area contributed by atoms with Gasteiger partial charge in [-0.2, -0.15) is 0 Å². The standard InChI is InChI=1S/C20H15BrO5/c1-11-3-5-13(6-4-11)18(22)12(2)25-19(23)16-10-14-9-15(21)7-8-17(14)26-20(16)24/h3-10,12H,1-2H3. The Labute approximate surface area is 157 Å². The van der Waals surface area contributed by atoms with Gasteiger partial charge in [-0.1, -0.05) is 45.8 Å². The summed E-state index contributed by atoms with van der Waals surface area (Å²) in [5, 5.41) is 0.573. The van der Waals surface area contributed by atoms with E-state index in [1.54, 1.807) is 42.5 Å². The number of carbonyl (C=O) groups is 2. The first-order valence-corrected chi connectivity index (χ1v) is 8.70. The van der Waals surface area contributed by atoms with E-state index in [1.165, 1.54) is 13.0 Å². The van der Waals surface area contributed by atoms with Crippen molar-refractivity contribution < 1.29 is 18.7 Å². The molecule has 0 amide bonds. The lowest BCUT2D eigenvalue weighted by molar-refractivity contribution is 0.0315. The fourth-order valence-electron chi connectivity index (χ4n) is 2.47. The molecule has 1 atom stereocenters. The number of benzene rings is 2. The topological polar surface area (TPSA) is 73.6 Å². The lowest BCUT2D eigenvalue weighted by Crippen LogP contribution is -2.27. The Morgan fingerprint density at radius 1 is 1.08 bits per heavy atom. The molecule has 132 valence electrons. The molecule has 0 fully saturated rings. The molecule has 0 aliphatic heterocycles. The maximum atomic E-state index is 12.4. The molecule has 2 aromatic carbocycles. The van der Waals surface area contributed by atoms with E-state index in [9.17, 15) is 14.4 Å². The maximum Gasteiger partial charge on any atom is 0.351 e. The monoisotopic (exact) mass is 414 g/mol. The number of ether oxygens (including phenoxy) is 1. The molecule has 0 bridgehead atoms. The van der Waals surface area contributed by atoms with Crippen molar-refractivity contribution in [2.45, 2.75) is 20.0 Å². The normalized spacial score (nSPS) is 12.0. The van der Waals surface area contributed by atoms with Gasteiger partial charge in [-0.15, -0.1) is 0 Å². The molecule has 1 heterocycles. The van der Waals surface area contributed by atoms with Crippen LogP contribution < -0.4 is 5.63 Å². The lowest BCUT2D eigenvalue weighted by Gasteiger charge is -2.12. The highest BCUT2D eigenvalue weighted by Crippen LogP contribution is 2.20. The Bertz CT molecular complexity index is 1050. The van der Waals surface area contributed by atoms with E-state index in [2.05, 4.69) is 15.9 Å². The number of fused-ring (bicyclic) bond motifs is 1. The molecule has 0 aliphatic carbocycles. The van der Waals surface area contributed by atoms with E-state index in [-0.39, 0.29) is 11.3 Å². The number of carbonyl (C=O) groups excluding carboxylic acids is 2. The van der Waals surface area contributed by atoms with Gasteiger partial charge in [0.05, 0.1) is 0 Å². The zero-order valence-electron chi connectivity index (χ0n) is 14.1. The predicted octanol–water partition coefficient (Wildman–Crippen LogP) is 4.29. The molecule has 0 saturated carbocycles. The maximum absolute atomic E-state index is 12.4. The number of hydrogen-bond acceptors (Lipinski definition) is 5. The van der Waals surface area contributed by atoms with Crippen LogP contribution in [0.25, 0.3) is 11.0 Å². The zero-order chi connectivity index (χ0) is 18.8. The number of halogens is 1. The minimum Gasteiger partial charge on any atom is -0.450 e. The SMILES string of the molecule is Cc1ccc(C(=O)C(C)OC(=O)c2cc3cc(Br)ccc3oc2=O)cc1. The van der Waals surface area contributed by atoms with Gasteiger partial charge in [0.1, 0.15) is 11.1 Å². The second-order valence-electron chi connectivity index (χ2n) is 5.91. The van der Waals surface area contributed by atoms with Crippen molar-refractivity contribution in [3.8, 4) is 0 Å². The number of Topliss-reactive ketones (excluding diaryl/α,β-unsaturated/α-hetero) is 1. The molecule has 0 N–H and O–H groups in total. The molecular weight excluding hydrogens is 400 g/mol. The van der Waals surface area contributed by atoms with Gasteiger partial charge in [-0.25, -0.2) is 9.59 Å². The third-order valence-electron chi connectivity index (χ3n) is 3.90. The lowest BCUT2D eigenvalue weighted by atomic mass is 10.1. The number of hydrogen-bond donors (Lipinski definition) is 0. The number of ketones is 1. The molecule has 1 unspecified atom stereocenters. The van der Waals surface area contributed by atoms with Crippen molar-refractivity contribution in [3.05, 3.63) is 80.1 Å². The minimum atomic E-state index is -1.03. The summed E-state index contributed by atoms with van der Waals surface area (Å²) in [6.45, 7) is 3.38. The van der Waals surface area contributed by atoms with Gasteiger partial charge in [0.15, 0.2) is 6.10 Å². The van der Waals surface area contributed by atoms with Crippen molar-refractivity contribution in [2.24, 2.45) is 0 Å². The second-order valence-corrected chi connectivity index (χ2v) is 6.82. The summed E-state index contributed by atoms with van der Waals surface area (Å²) >= 11 is 3.32. The van der Waals surface area contributed by atoms with Crippen LogP contribution in [0.5, 0.6) is 0 Å². The fraction of sp³-hybridized carbons (Fsp3) is 0.150. The summed E-state index contributed by atoms with van der Waals surface area (Å²) < 4.78 is 11.1. The Hall–Kier alpha value is -2.73. The number of esters is 1. The van der Waals surface area contributed by atoms with Gasteiger partial charge in [-0.05, 0) is 38.1 Å². The van der Waals surface area contributed by atoms with Crippen LogP contribution in [-0.2, 0) is 4.74 Å². The molecule has 0 aliphatic rings. The van der Waals surface area contributed by atoms with E-state index in [4.69, 9.17) is 9.15 Å². The molecule has 3 rings (SSSR count). The van der Waals surface area contributed by atoms with Crippen molar-refractivity contribution in [2.75, 3.05) is 0 Å². The Morgan fingerprint density at radius 3 is 2.46 bits per heavy atom. The van der Waals surface area contributed by atoms with E-state index in [0.717, 1.165) is 10.0 Å². The number of rotatable bonds is 4. The van der Waals surface area contributed by atoms with Crippen molar-refractivity contribution >= 4 is 38.7 Å². The van der Waals surface area contributed by atoms with E-state index < -0.39 is 17.7 Å². The summed E-state index contributed by atoms with van der Waals surface area (Å²) in [6.07, 6.45) is -1.03. The quantitative estimate of drug-likeness (QED) is 0.361. The summed E-state index contributed by atoms with van der Waals surface area (Å²) in [5.74, 6) is -1.24. The molecule has 26 heavy (non-hydrogen) atoms. The number of aryl methyl sites for hydroxylation is 1. The van der Waals surface area contributed by atoms with Crippen LogP contribution in [0.4, 0.5) is 0 Å². The Balaban J connectivity index is 1.84. The van der Waals surface area contributed by atoms with Crippen LogP contribution in [0, 0.1) is 6.92 Å². The highest BCUT2D eigenvalue weighted by Gasteiger charge is 2.23. The van der Waals surface area contributed by atoms with Gasteiger partial charge in [0, 0.05) is 15.4 Å². The van der Waals surface area contributed by atoms with Crippen molar-refractivity contribution in [3.63, 3.8) is 0 Å². The van der Waals surface area contributed by atoms with E-state index in [0.29, 0.717) is 16.5 Å². The molecular formula is C20H15BrO5. The van der Waals surface area contributed by atoms with Crippen LogP contribution >= 0.6 is 15.9 Å². The van der Waals surface area contributed by atoms with Crippen molar-refractivity contribution in [1.29, 1.82) is 0 Å². The van der Waals surface area contributed by atoms with Crippen LogP contribution in [0.3, 0.4) is 0 Å². The molecule has 0 saturated heterocycles. The Morgan fingerprint density at radius 2 is 1.77 bits per heavy atom. The van der Waals surface area contributed by atoms with Gasteiger partial charge < -0.3 is 9.15 Å². The van der Waals surface area contributed by atoms with E-state index >= 15 is 0 Å². The average Bonchev–Trinajstić information content (AvgIpc) is 2.61. The fourth-order valence-corrected chi connectivity index (χ4v) is 2.85.